The van der Waals surface area contributed by atoms with E-state index in [2.05, 4.69) is 64.9 Å². The number of amides is 3. The van der Waals surface area contributed by atoms with Gasteiger partial charge in [0.2, 0.25) is 17.8 Å². The number of nitrogens with zero attached hydrogens (tertiary/aromatic N) is 6. The fourth-order valence-electron chi connectivity index (χ4n) is 7.58. The predicted octanol–water partition coefficient (Wildman–Crippen LogP) is 2.68. The second-order valence-electron chi connectivity index (χ2n) is 13.5. The van der Waals surface area contributed by atoms with Gasteiger partial charge in [-0.2, -0.15) is 5.10 Å². The number of rotatable bonds is 7. The summed E-state index contributed by atoms with van der Waals surface area (Å²) >= 11 is 0. The van der Waals surface area contributed by atoms with Crippen molar-refractivity contribution in [3.63, 3.8) is 0 Å². The van der Waals surface area contributed by atoms with Crippen LogP contribution in [-0.4, -0.2) is 91.1 Å². The highest BCUT2D eigenvalue weighted by Crippen LogP contribution is 2.37. The van der Waals surface area contributed by atoms with Crippen LogP contribution < -0.4 is 15.5 Å². The highest BCUT2D eigenvalue weighted by Gasteiger charge is 2.41. The maximum Gasteiger partial charge on any atom is 0.255 e. The highest BCUT2D eigenvalue weighted by molar-refractivity contribution is 6.05. The van der Waals surface area contributed by atoms with Crippen LogP contribution in [0.4, 0.5) is 11.6 Å². The third-order valence-electron chi connectivity index (χ3n) is 10.5. The molecule has 1 atom stereocenters. The van der Waals surface area contributed by atoms with Crippen molar-refractivity contribution in [3.05, 3.63) is 77.1 Å². The Labute approximate surface area is 277 Å². The largest absolute Gasteiger partial charge is 0.385 e. The summed E-state index contributed by atoms with van der Waals surface area (Å²) in [5.41, 5.74) is 5.34. The Balaban J connectivity index is 0.825. The van der Waals surface area contributed by atoms with Gasteiger partial charge in [0.15, 0.2) is 0 Å². The van der Waals surface area contributed by atoms with Crippen LogP contribution >= 0.6 is 0 Å². The van der Waals surface area contributed by atoms with Crippen LogP contribution in [0.5, 0.6) is 0 Å². The predicted molar refractivity (Wildman–Crippen MR) is 178 cm³/mol. The molecule has 13 heteroatoms. The summed E-state index contributed by atoms with van der Waals surface area (Å²) < 4.78 is 0. The van der Waals surface area contributed by atoms with Gasteiger partial charge in [0.05, 0.1) is 18.0 Å². The van der Waals surface area contributed by atoms with Gasteiger partial charge in [-0.3, -0.25) is 29.7 Å². The minimum Gasteiger partial charge on any atom is -0.385 e. The van der Waals surface area contributed by atoms with Gasteiger partial charge in [-0.15, -0.1) is 0 Å². The van der Waals surface area contributed by atoms with E-state index in [0.29, 0.717) is 43.4 Å². The van der Waals surface area contributed by atoms with Crippen LogP contribution in [0.1, 0.15) is 65.6 Å². The topological polar surface area (TPSA) is 160 Å². The van der Waals surface area contributed by atoms with Crippen molar-refractivity contribution in [2.75, 3.05) is 36.4 Å². The Kier molecular flexibility index (Phi) is 7.80. The number of imide groups is 1. The maximum atomic E-state index is 13.1. The monoisotopic (exact) mass is 649 g/mol. The standard InChI is InChI=1S/C35H39N9O4/c45-31-8-7-30(32(46)40-31)44-21-23-17-24(3-6-27(23)33(44)47)35(48)11-15-42(16-12-35)20-22-1-4-26(5-2-22)43-13-9-25(10-14-43)38-34-36-18-29-28(39-34)19-37-41-29/h1-6,17-19,25,30,48H,7-16,20-21H2,(H,37,41)(H,36,38,39)(H,40,45,46). The first-order chi connectivity index (χ1) is 23.3. The molecule has 48 heavy (non-hydrogen) atoms. The van der Waals surface area contributed by atoms with E-state index in [1.807, 2.05) is 12.1 Å². The average molecular weight is 650 g/mol. The molecule has 3 fully saturated rings. The lowest BCUT2D eigenvalue weighted by atomic mass is 9.83. The molecule has 0 saturated carbocycles. The fraction of sp³-hybridized carbons (Fsp3) is 0.429. The molecule has 0 spiro atoms. The molecule has 8 rings (SSSR count). The van der Waals surface area contributed by atoms with Crippen molar-refractivity contribution in [1.29, 1.82) is 0 Å². The van der Waals surface area contributed by atoms with Gasteiger partial charge in [-0.25, -0.2) is 9.97 Å². The molecule has 3 saturated heterocycles. The average Bonchev–Trinajstić information content (AvgIpc) is 3.70. The van der Waals surface area contributed by atoms with Gasteiger partial charge in [0.25, 0.3) is 5.91 Å². The van der Waals surface area contributed by atoms with Crippen molar-refractivity contribution in [1.82, 2.24) is 35.3 Å². The molecule has 248 valence electrons. The lowest BCUT2D eigenvalue weighted by Crippen LogP contribution is -2.52. The molecule has 3 amide bonds. The third kappa shape index (κ3) is 5.88. The van der Waals surface area contributed by atoms with Gasteiger partial charge in [-0.1, -0.05) is 24.3 Å². The molecule has 1 unspecified atom stereocenters. The van der Waals surface area contributed by atoms with Crippen molar-refractivity contribution < 1.29 is 19.5 Å². The van der Waals surface area contributed by atoms with E-state index in [-0.39, 0.29) is 18.2 Å². The molecular formula is C35H39N9O4. The molecule has 13 nitrogen and oxygen atoms in total. The first-order valence-electron chi connectivity index (χ1n) is 16.8. The summed E-state index contributed by atoms with van der Waals surface area (Å²) in [5.74, 6) is -0.274. The van der Waals surface area contributed by atoms with E-state index < -0.39 is 17.6 Å². The number of carbonyl (C=O) groups excluding carboxylic acids is 3. The van der Waals surface area contributed by atoms with Gasteiger partial charge < -0.3 is 20.2 Å². The Morgan fingerprint density at radius 2 is 1.75 bits per heavy atom. The summed E-state index contributed by atoms with van der Waals surface area (Å²) in [5, 5.41) is 24.4. The van der Waals surface area contributed by atoms with Crippen molar-refractivity contribution in [2.24, 2.45) is 0 Å². The van der Waals surface area contributed by atoms with Gasteiger partial charge >= 0.3 is 0 Å². The van der Waals surface area contributed by atoms with E-state index in [1.165, 1.54) is 11.3 Å². The Morgan fingerprint density at radius 1 is 0.958 bits per heavy atom. The van der Waals surface area contributed by atoms with Crippen LogP contribution in [0.3, 0.4) is 0 Å². The summed E-state index contributed by atoms with van der Waals surface area (Å²) in [6.45, 7) is 4.56. The number of carbonyl (C=O) groups is 3. The maximum absolute atomic E-state index is 13.1. The molecule has 4 aliphatic heterocycles. The van der Waals surface area contributed by atoms with Crippen molar-refractivity contribution >= 4 is 40.4 Å². The number of anilines is 2. The number of hydrogen-bond donors (Lipinski definition) is 4. The lowest BCUT2D eigenvalue weighted by molar-refractivity contribution is -0.136. The van der Waals surface area contributed by atoms with Crippen LogP contribution in [0.25, 0.3) is 11.0 Å². The van der Waals surface area contributed by atoms with Crippen LogP contribution in [0.2, 0.25) is 0 Å². The summed E-state index contributed by atoms with van der Waals surface area (Å²) in [4.78, 5) is 52.4. The number of H-pyrrole nitrogens is 1. The highest BCUT2D eigenvalue weighted by atomic mass is 16.3. The van der Waals surface area contributed by atoms with Crippen LogP contribution in [0, 0.1) is 0 Å². The Bertz CT molecular complexity index is 1860. The molecule has 2 aromatic carbocycles. The van der Waals surface area contributed by atoms with E-state index >= 15 is 0 Å². The normalized spacial score (nSPS) is 21.9. The number of nitrogens with one attached hydrogen (secondary N) is 3. The van der Waals surface area contributed by atoms with E-state index in [4.69, 9.17) is 0 Å². The number of benzene rings is 2. The second-order valence-corrected chi connectivity index (χ2v) is 13.5. The minimum absolute atomic E-state index is 0.199. The number of aliphatic hydroxyl groups is 1. The molecule has 0 bridgehead atoms. The van der Waals surface area contributed by atoms with Gasteiger partial charge in [0.1, 0.15) is 17.1 Å². The molecule has 6 heterocycles. The van der Waals surface area contributed by atoms with E-state index in [9.17, 15) is 19.5 Å². The van der Waals surface area contributed by atoms with Crippen LogP contribution in [0.15, 0.2) is 54.9 Å². The zero-order valence-electron chi connectivity index (χ0n) is 26.7. The van der Waals surface area contributed by atoms with Gasteiger partial charge in [-0.05, 0) is 67.0 Å². The Hall–Kier alpha value is -4.88. The summed E-state index contributed by atoms with van der Waals surface area (Å²) in [6.07, 6.45) is 7.23. The molecular weight excluding hydrogens is 610 g/mol. The molecule has 0 radical (unpaired) electrons. The molecule has 4 aliphatic rings. The molecule has 0 aliphatic carbocycles. The van der Waals surface area contributed by atoms with Crippen molar-refractivity contribution in [2.45, 2.75) is 69.3 Å². The van der Waals surface area contributed by atoms with Crippen molar-refractivity contribution in [3.8, 4) is 0 Å². The SMILES string of the molecule is O=C1CCC(N2Cc3cc(C4(O)CCN(Cc5ccc(N6CCC(Nc7ncc8[nH]ncc8n7)CC6)cc5)CC4)ccc3C2=O)C(=O)N1. The van der Waals surface area contributed by atoms with Gasteiger partial charge in [0, 0.05) is 63.0 Å². The lowest BCUT2D eigenvalue weighted by Gasteiger charge is -2.39. The number of piperidine rings is 3. The number of hydrogen-bond acceptors (Lipinski definition) is 10. The smallest absolute Gasteiger partial charge is 0.255 e. The van der Waals surface area contributed by atoms with E-state index in [1.54, 1.807) is 23.4 Å². The molecule has 4 aromatic rings. The van der Waals surface area contributed by atoms with E-state index in [0.717, 1.165) is 67.7 Å². The molecule has 2 aromatic heterocycles. The quantitative estimate of drug-likeness (QED) is 0.219. The number of aromatic nitrogens is 4. The molecule has 4 N–H and O–H groups in total. The number of fused-ring (bicyclic) bond motifs is 2. The second kappa shape index (κ2) is 12.3. The third-order valence-corrected chi connectivity index (χ3v) is 10.5. The zero-order valence-corrected chi connectivity index (χ0v) is 26.7. The summed E-state index contributed by atoms with van der Waals surface area (Å²) in [7, 11) is 0. The fourth-order valence-corrected chi connectivity index (χ4v) is 7.58. The van der Waals surface area contributed by atoms with Crippen LogP contribution in [-0.2, 0) is 28.3 Å². The number of likely N-dealkylation sites (tertiary alicyclic amines) is 1. The first kappa shape index (κ1) is 30.5. The zero-order chi connectivity index (χ0) is 32.8. The first-order valence-corrected chi connectivity index (χ1v) is 16.8. The Morgan fingerprint density at radius 3 is 2.52 bits per heavy atom. The summed E-state index contributed by atoms with van der Waals surface area (Å²) in [6, 6.07) is 14.1. The number of aromatic amines is 1. The minimum atomic E-state index is -0.973.